The van der Waals surface area contributed by atoms with Crippen LogP contribution in [-0.2, 0) is 16.3 Å². The molecule has 0 atom stereocenters. The maximum absolute atomic E-state index is 14.4. The largest absolute Gasteiger partial charge is 0.259 e. The molecule has 0 saturated heterocycles. The summed E-state index contributed by atoms with van der Waals surface area (Å²) >= 11 is 6.19. The van der Waals surface area contributed by atoms with E-state index in [1.165, 1.54) is 30.5 Å². The van der Waals surface area contributed by atoms with E-state index in [1.807, 2.05) is 6.07 Å². The first-order valence-electron chi connectivity index (χ1n) is 9.37. The zero-order valence-electron chi connectivity index (χ0n) is 16.4. The molecule has 1 aliphatic rings. The summed E-state index contributed by atoms with van der Waals surface area (Å²) in [6.45, 7) is 1.65. The van der Waals surface area contributed by atoms with E-state index in [1.54, 1.807) is 43.3 Å². The minimum atomic E-state index is -4.03. The van der Waals surface area contributed by atoms with Crippen molar-refractivity contribution in [2.75, 3.05) is 0 Å². The van der Waals surface area contributed by atoms with Crippen LogP contribution in [0.25, 0.3) is 17.2 Å². The molecular weight excluding hydrogens is 435 g/mol. The molecule has 0 saturated carbocycles. The lowest BCUT2D eigenvalue weighted by atomic mass is 9.98. The Kier molecular flexibility index (Phi) is 5.48. The van der Waals surface area contributed by atoms with Crippen LogP contribution in [0.1, 0.15) is 23.7 Å². The lowest BCUT2D eigenvalue weighted by Crippen LogP contribution is -2.09. The summed E-state index contributed by atoms with van der Waals surface area (Å²) in [6, 6.07) is 14.6. The predicted molar refractivity (Wildman–Crippen MR) is 118 cm³/mol. The van der Waals surface area contributed by atoms with Gasteiger partial charge in [0.1, 0.15) is 5.83 Å². The van der Waals surface area contributed by atoms with Crippen LogP contribution in [0, 0.1) is 11.3 Å². The normalized spacial score (nSPS) is 13.5. The molecule has 4 nitrogen and oxygen atoms in total. The molecule has 7 heteroatoms. The third-order valence-electron chi connectivity index (χ3n) is 5.09. The topological polar surface area (TPSA) is 70.8 Å². The summed E-state index contributed by atoms with van der Waals surface area (Å²) in [7, 11) is -4.03. The number of rotatable bonds is 3. The molecule has 0 amide bonds. The van der Waals surface area contributed by atoms with E-state index in [9.17, 15) is 18.1 Å². The van der Waals surface area contributed by atoms with Crippen molar-refractivity contribution in [2.45, 2.75) is 23.1 Å². The molecule has 31 heavy (non-hydrogen) atoms. The van der Waals surface area contributed by atoms with E-state index in [4.69, 9.17) is 11.6 Å². The summed E-state index contributed by atoms with van der Waals surface area (Å²) in [5.41, 5.74) is 2.62. The molecule has 1 aliphatic carbocycles. The number of nitrogens with zero attached hydrogens (tertiary/aromatic N) is 2. The van der Waals surface area contributed by atoms with Gasteiger partial charge < -0.3 is 0 Å². The van der Waals surface area contributed by atoms with Crippen molar-refractivity contribution in [2.24, 2.45) is 0 Å². The van der Waals surface area contributed by atoms with Gasteiger partial charge in [0.2, 0.25) is 9.84 Å². The van der Waals surface area contributed by atoms with Crippen molar-refractivity contribution in [3.05, 3.63) is 94.0 Å². The number of allylic oxidation sites excluding steroid dienone is 3. The van der Waals surface area contributed by atoms with Crippen LogP contribution in [0.5, 0.6) is 0 Å². The Bertz CT molecular complexity index is 1420. The standard InChI is InChI=1S/C24H16ClFN2O2S/c1-15-8-9-20-22(12-21(15)26)28-14-23(24(20)17-5-3-6-18(25)11-17)31(29,30)19-7-2-4-16(10-19)13-27/h2-11,14H,12H2,1H3. The predicted octanol–water partition coefficient (Wildman–Crippen LogP) is 5.92. The van der Waals surface area contributed by atoms with Crippen LogP contribution in [-0.4, -0.2) is 13.4 Å². The van der Waals surface area contributed by atoms with Crippen LogP contribution in [0.2, 0.25) is 5.02 Å². The molecule has 0 spiro atoms. The van der Waals surface area contributed by atoms with Gasteiger partial charge in [-0.05, 0) is 48.4 Å². The number of hydrogen-bond donors (Lipinski definition) is 0. The van der Waals surface area contributed by atoms with Crippen LogP contribution in [0.3, 0.4) is 0 Å². The lowest BCUT2D eigenvalue weighted by Gasteiger charge is -2.16. The molecular formula is C24H16ClFN2O2S. The zero-order chi connectivity index (χ0) is 22.2. The average Bonchev–Trinajstić information content (AvgIpc) is 2.91. The number of fused-ring (bicyclic) bond motifs is 1. The van der Waals surface area contributed by atoms with E-state index in [-0.39, 0.29) is 27.6 Å². The molecule has 0 aliphatic heterocycles. The van der Waals surface area contributed by atoms with Crippen molar-refractivity contribution in [3.63, 3.8) is 0 Å². The van der Waals surface area contributed by atoms with Crippen LogP contribution < -0.4 is 0 Å². The van der Waals surface area contributed by atoms with Crippen molar-refractivity contribution in [1.82, 2.24) is 4.98 Å². The fraction of sp³-hybridized carbons (Fsp3) is 0.0833. The average molecular weight is 451 g/mol. The Morgan fingerprint density at radius 1 is 1.13 bits per heavy atom. The molecule has 1 heterocycles. The third kappa shape index (κ3) is 3.90. The molecule has 0 radical (unpaired) electrons. The number of halogens is 2. The molecule has 154 valence electrons. The van der Waals surface area contributed by atoms with Crippen LogP contribution in [0.4, 0.5) is 4.39 Å². The molecule has 1 aromatic heterocycles. The highest BCUT2D eigenvalue weighted by Gasteiger charge is 2.27. The molecule has 0 N–H and O–H groups in total. The van der Waals surface area contributed by atoms with Gasteiger partial charge in [-0.3, -0.25) is 4.98 Å². The summed E-state index contributed by atoms with van der Waals surface area (Å²) in [5.74, 6) is -0.322. The molecule has 0 unspecified atom stereocenters. The van der Waals surface area contributed by atoms with Gasteiger partial charge in [0.15, 0.2) is 0 Å². The van der Waals surface area contributed by atoms with Crippen molar-refractivity contribution >= 4 is 27.5 Å². The highest BCUT2D eigenvalue weighted by molar-refractivity contribution is 7.91. The Hall–Kier alpha value is -3.27. The van der Waals surface area contributed by atoms with E-state index in [0.717, 1.165) is 0 Å². The highest BCUT2D eigenvalue weighted by atomic mass is 35.5. The van der Waals surface area contributed by atoms with Gasteiger partial charge >= 0.3 is 0 Å². The lowest BCUT2D eigenvalue weighted by molar-refractivity contribution is 0.594. The number of benzene rings is 2. The Labute approximate surface area is 184 Å². The molecule has 0 bridgehead atoms. The molecule has 2 aromatic carbocycles. The minimum Gasteiger partial charge on any atom is -0.259 e. The zero-order valence-corrected chi connectivity index (χ0v) is 18.0. The smallest absolute Gasteiger partial charge is 0.208 e. The van der Waals surface area contributed by atoms with E-state index < -0.39 is 9.84 Å². The SMILES string of the molecule is CC1=C(F)Cc2ncc(S(=O)(=O)c3cccc(C#N)c3)c(-c3cccc(Cl)c3)c2C=C1. The van der Waals surface area contributed by atoms with E-state index >= 15 is 0 Å². The van der Waals surface area contributed by atoms with Gasteiger partial charge in [0, 0.05) is 28.8 Å². The second-order valence-corrected chi connectivity index (χ2v) is 9.46. The van der Waals surface area contributed by atoms with Gasteiger partial charge in [0.25, 0.3) is 0 Å². The number of nitriles is 1. The Balaban J connectivity index is 2.04. The molecule has 4 rings (SSSR count). The monoisotopic (exact) mass is 450 g/mol. The molecule has 0 fully saturated rings. The number of sulfone groups is 1. The van der Waals surface area contributed by atoms with Gasteiger partial charge in [-0.25, -0.2) is 12.8 Å². The Morgan fingerprint density at radius 3 is 2.65 bits per heavy atom. The second kappa shape index (κ2) is 8.10. The Morgan fingerprint density at radius 2 is 1.90 bits per heavy atom. The number of hydrogen-bond acceptors (Lipinski definition) is 4. The summed E-state index contributed by atoms with van der Waals surface area (Å²) in [6.07, 6.45) is 4.52. The van der Waals surface area contributed by atoms with Crippen LogP contribution in [0.15, 0.2) is 82.0 Å². The van der Waals surface area contributed by atoms with Crippen LogP contribution >= 0.6 is 11.6 Å². The van der Waals surface area contributed by atoms with Crippen molar-refractivity contribution < 1.29 is 12.8 Å². The van der Waals surface area contributed by atoms with Crippen molar-refractivity contribution in [3.8, 4) is 17.2 Å². The second-order valence-electron chi connectivity index (χ2n) is 7.11. The minimum absolute atomic E-state index is 0.0188. The van der Waals surface area contributed by atoms with Gasteiger partial charge in [0.05, 0.1) is 27.1 Å². The first-order valence-corrected chi connectivity index (χ1v) is 11.2. The first-order chi connectivity index (χ1) is 14.8. The quantitative estimate of drug-likeness (QED) is 0.496. The van der Waals surface area contributed by atoms with E-state index in [2.05, 4.69) is 4.98 Å². The van der Waals surface area contributed by atoms with Gasteiger partial charge in [-0.1, -0.05) is 42.0 Å². The fourth-order valence-electron chi connectivity index (χ4n) is 3.46. The van der Waals surface area contributed by atoms with E-state index in [0.29, 0.717) is 33.0 Å². The fourth-order valence-corrected chi connectivity index (χ4v) is 5.13. The number of pyridine rings is 1. The van der Waals surface area contributed by atoms with Gasteiger partial charge in [-0.2, -0.15) is 5.26 Å². The summed E-state index contributed by atoms with van der Waals surface area (Å²) < 4.78 is 41.6. The first kappa shape index (κ1) is 21.0. The maximum Gasteiger partial charge on any atom is 0.208 e. The maximum atomic E-state index is 14.4. The summed E-state index contributed by atoms with van der Waals surface area (Å²) in [5, 5.41) is 9.62. The third-order valence-corrected chi connectivity index (χ3v) is 7.09. The van der Waals surface area contributed by atoms with Crippen molar-refractivity contribution in [1.29, 1.82) is 5.26 Å². The van der Waals surface area contributed by atoms with Gasteiger partial charge in [-0.15, -0.1) is 0 Å². The number of aromatic nitrogens is 1. The highest BCUT2D eigenvalue weighted by Crippen LogP contribution is 2.38. The summed E-state index contributed by atoms with van der Waals surface area (Å²) in [4.78, 5) is 4.25. The molecule has 3 aromatic rings.